The molecule has 0 saturated heterocycles. The number of esters is 1. The van der Waals surface area contributed by atoms with E-state index < -0.39 is 12.0 Å². The summed E-state index contributed by atoms with van der Waals surface area (Å²) in [5.41, 5.74) is 6.06. The van der Waals surface area contributed by atoms with Gasteiger partial charge in [-0.15, -0.1) is 0 Å². The topological polar surface area (TPSA) is 110 Å². The highest BCUT2D eigenvalue weighted by molar-refractivity contribution is 14.1. The molecule has 0 aliphatic rings. The average molecular weight is 366 g/mol. The Morgan fingerprint density at radius 3 is 2.89 bits per heavy atom. The summed E-state index contributed by atoms with van der Waals surface area (Å²) < 4.78 is 5.42. The predicted octanol–water partition coefficient (Wildman–Crippen LogP) is -0.437. The van der Waals surface area contributed by atoms with Crippen molar-refractivity contribution in [3.63, 3.8) is 0 Å². The van der Waals surface area contributed by atoms with Gasteiger partial charge in [-0.2, -0.15) is 0 Å². The lowest BCUT2D eigenvalue weighted by molar-refractivity contribution is -0.145. The van der Waals surface area contributed by atoms with Gasteiger partial charge in [-0.05, 0) is 22.6 Å². The second-order valence-electron chi connectivity index (χ2n) is 3.56. The summed E-state index contributed by atoms with van der Waals surface area (Å²) >= 11 is 2.05. The molecule has 0 aliphatic heterocycles. The zero-order chi connectivity index (χ0) is 13.5. The Hall–Kier alpha value is -1.16. The van der Waals surface area contributed by atoms with Gasteiger partial charge in [0.2, 0.25) is 5.91 Å². The number of halogens is 1. The fourth-order valence-corrected chi connectivity index (χ4v) is 1.90. The molecule has 7 nitrogen and oxygen atoms in total. The Morgan fingerprint density at radius 1 is 1.67 bits per heavy atom. The average Bonchev–Trinajstić information content (AvgIpc) is 2.73. The van der Waals surface area contributed by atoms with Gasteiger partial charge in [0.1, 0.15) is 9.74 Å². The summed E-state index contributed by atoms with van der Waals surface area (Å²) in [7, 11) is 1.28. The Labute approximate surface area is 118 Å². The molecule has 1 rings (SSSR count). The van der Waals surface area contributed by atoms with Gasteiger partial charge >= 0.3 is 5.97 Å². The lowest BCUT2D eigenvalue weighted by atomic mass is 10.1. The first kappa shape index (κ1) is 14.9. The van der Waals surface area contributed by atoms with Crippen LogP contribution in [0.4, 0.5) is 0 Å². The largest absolute Gasteiger partial charge is 0.467 e. The molecule has 0 bridgehead atoms. The molecular weight excluding hydrogens is 351 g/mol. The Balaban J connectivity index is 2.70. The molecule has 8 heteroatoms. The van der Waals surface area contributed by atoms with E-state index in [4.69, 9.17) is 5.73 Å². The number of aromatic nitrogens is 2. The number of nitrogens with one attached hydrogen (secondary N) is 2. The number of methoxy groups -OCH3 is 1. The number of H-pyrrole nitrogens is 1. The van der Waals surface area contributed by atoms with E-state index in [-0.39, 0.29) is 18.9 Å². The predicted molar refractivity (Wildman–Crippen MR) is 72.6 cm³/mol. The first-order valence-electron chi connectivity index (χ1n) is 5.33. The molecule has 1 aromatic heterocycles. The molecule has 1 atom stereocenters. The van der Waals surface area contributed by atoms with Crippen LogP contribution in [0.1, 0.15) is 12.1 Å². The number of nitrogens with two attached hydrogens (primary N) is 1. The fourth-order valence-electron chi connectivity index (χ4n) is 1.38. The summed E-state index contributed by atoms with van der Waals surface area (Å²) in [4.78, 5) is 30.0. The van der Waals surface area contributed by atoms with E-state index in [1.165, 1.54) is 13.4 Å². The number of ether oxygens (including phenoxy) is 1. The standard InChI is InChI=1S/C10H15IN4O3/c1-18-10(17)7(15-8(16)2-3-12)4-6-9(11)14-5-13-6/h5,7H,2-4,12H2,1H3,(H,13,14)(H,15,16)/t7-/m0/s1. The molecular formula is C10H15IN4O3. The number of rotatable bonds is 6. The summed E-state index contributed by atoms with van der Waals surface area (Å²) in [6.45, 7) is 0.237. The molecule has 0 fully saturated rings. The molecule has 18 heavy (non-hydrogen) atoms. The molecule has 0 saturated carbocycles. The van der Waals surface area contributed by atoms with Crippen molar-refractivity contribution in [1.82, 2.24) is 15.3 Å². The van der Waals surface area contributed by atoms with Gasteiger partial charge in [-0.1, -0.05) is 0 Å². The van der Waals surface area contributed by atoms with E-state index in [9.17, 15) is 9.59 Å². The fraction of sp³-hybridized carbons (Fsp3) is 0.500. The minimum atomic E-state index is -0.733. The van der Waals surface area contributed by atoms with Crippen molar-refractivity contribution in [3.05, 3.63) is 15.7 Å². The van der Waals surface area contributed by atoms with E-state index in [0.717, 1.165) is 9.39 Å². The number of aromatic amines is 1. The Bertz CT molecular complexity index is 421. The maximum absolute atomic E-state index is 11.6. The Morgan fingerprint density at radius 2 is 2.39 bits per heavy atom. The van der Waals surface area contributed by atoms with E-state index in [2.05, 4.69) is 20.0 Å². The quantitative estimate of drug-likeness (QED) is 0.467. The van der Waals surface area contributed by atoms with E-state index in [0.29, 0.717) is 6.42 Å². The Kier molecular flexibility index (Phi) is 6.05. The second kappa shape index (κ2) is 7.31. The van der Waals surface area contributed by atoms with Crippen LogP contribution >= 0.6 is 22.6 Å². The summed E-state index contributed by atoms with van der Waals surface area (Å²) in [6, 6.07) is -0.733. The van der Waals surface area contributed by atoms with Crippen LogP contribution in [-0.4, -0.2) is 41.5 Å². The van der Waals surface area contributed by atoms with E-state index >= 15 is 0 Å². The maximum Gasteiger partial charge on any atom is 0.328 e. The number of imidazole rings is 1. The first-order valence-corrected chi connectivity index (χ1v) is 6.41. The van der Waals surface area contributed by atoms with Gasteiger partial charge in [0.25, 0.3) is 0 Å². The molecule has 0 aliphatic carbocycles. The zero-order valence-electron chi connectivity index (χ0n) is 9.90. The first-order chi connectivity index (χ1) is 8.58. The molecule has 0 aromatic carbocycles. The lowest BCUT2D eigenvalue weighted by Crippen LogP contribution is -2.43. The van der Waals surface area contributed by atoms with Crippen molar-refractivity contribution >= 4 is 34.5 Å². The summed E-state index contributed by atoms with van der Waals surface area (Å²) in [5.74, 6) is -0.770. The smallest absolute Gasteiger partial charge is 0.328 e. The van der Waals surface area contributed by atoms with Crippen LogP contribution in [0.15, 0.2) is 6.33 Å². The molecule has 0 spiro atoms. The van der Waals surface area contributed by atoms with E-state index in [1.807, 2.05) is 22.6 Å². The van der Waals surface area contributed by atoms with Gasteiger partial charge in [0, 0.05) is 19.4 Å². The summed E-state index contributed by atoms with van der Waals surface area (Å²) in [5, 5.41) is 2.59. The van der Waals surface area contributed by atoms with Gasteiger partial charge in [-0.25, -0.2) is 9.78 Å². The number of carbonyl (C=O) groups excluding carboxylic acids is 2. The third kappa shape index (κ3) is 4.26. The SMILES string of the molecule is COC(=O)[C@H](Cc1[nH]cnc1I)NC(=O)CCN. The highest BCUT2D eigenvalue weighted by atomic mass is 127. The van der Waals surface area contributed by atoms with Crippen molar-refractivity contribution in [3.8, 4) is 0 Å². The molecule has 1 heterocycles. The highest BCUT2D eigenvalue weighted by Crippen LogP contribution is 2.09. The van der Waals surface area contributed by atoms with Crippen LogP contribution < -0.4 is 11.1 Å². The molecule has 4 N–H and O–H groups in total. The van der Waals surface area contributed by atoms with Crippen molar-refractivity contribution in [2.75, 3.05) is 13.7 Å². The number of amides is 1. The number of hydrogen-bond acceptors (Lipinski definition) is 5. The minimum Gasteiger partial charge on any atom is -0.467 e. The normalized spacial score (nSPS) is 11.9. The van der Waals surface area contributed by atoms with Crippen LogP contribution in [-0.2, 0) is 20.7 Å². The monoisotopic (exact) mass is 366 g/mol. The van der Waals surface area contributed by atoms with Gasteiger partial charge in [0.05, 0.1) is 19.1 Å². The van der Waals surface area contributed by atoms with Crippen molar-refractivity contribution in [2.24, 2.45) is 5.73 Å². The molecule has 1 aromatic rings. The number of carbonyl (C=O) groups is 2. The van der Waals surface area contributed by atoms with Crippen LogP contribution in [0.5, 0.6) is 0 Å². The molecule has 1 amide bonds. The van der Waals surface area contributed by atoms with Crippen LogP contribution in [0.2, 0.25) is 0 Å². The second-order valence-corrected chi connectivity index (χ2v) is 4.58. The van der Waals surface area contributed by atoms with Gasteiger partial charge in [0.15, 0.2) is 0 Å². The number of hydrogen-bond donors (Lipinski definition) is 3. The van der Waals surface area contributed by atoms with E-state index in [1.54, 1.807) is 0 Å². The van der Waals surface area contributed by atoms with Gasteiger partial charge < -0.3 is 20.8 Å². The third-order valence-corrected chi connectivity index (χ3v) is 3.20. The van der Waals surface area contributed by atoms with Crippen LogP contribution in [0.3, 0.4) is 0 Å². The van der Waals surface area contributed by atoms with Gasteiger partial charge in [-0.3, -0.25) is 4.79 Å². The third-order valence-electron chi connectivity index (χ3n) is 2.27. The summed E-state index contributed by atoms with van der Waals surface area (Å²) in [6.07, 6.45) is 2.02. The number of nitrogens with zero attached hydrogens (tertiary/aromatic N) is 1. The van der Waals surface area contributed by atoms with Crippen LogP contribution in [0.25, 0.3) is 0 Å². The maximum atomic E-state index is 11.6. The molecule has 0 unspecified atom stereocenters. The van der Waals surface area contributed by atoms with Crippen molar-refractivity contribution in [1.29, 1.82) is 0 Å². The lowest BCUT2D eigenvalue weighted by Gasteiger charge is -2.15. The minimum absolute atomic E-state index is 0.174. The highest BCUT2D eigenvalue weighted by Gasteiger charge is 2.23. The molecule has 100 valence electrons. The van der Waals surface area contributed by atoms with Crippen molar-refractivity contribution < 1.29 is 14.3 Å². The zero-order valence-corrected chi connectivity index (χ0v) is 12.1. The van der Waals surface area contributed by atoms with Crippen LogP contribution in [0, 0.1) is 3.70 Å². The van der Waals surface area contributed by atoms with Crippen molar-refractivity contribution in [2.45, 2.75) is 18.9 Å². The molecule has 0 radical (unpaired) electrons.